The minimum absolute atomic E-state index is 0.415. The number of benzene rings is 1. The van der Waals surface area contributed by atoms with E-state index in [2.05, 4.69) is 30.4 Å². The van der Waals surface area contributed by atoms with Crippen LogP contribution in [0.15, 0.2) is 43.2 Å². The van der Waals surface area contributed by atoms with Crippen molar-refractivity contribution in [3.8, 4) is 11.4 Å². The fraction of sp³-hybridized carbons (Fsp3) is 0.250. The smallest absolute Gasteiger partial charge is 0.451 e. The highest BCUT2D eigenvalue weighted by atomic mass is 19.4. The highest BCUT2D eigenvalue weighted by Gasteiger charge is 2.34. The van der Waals surface area contributed by atoms with E-state index >= 15 is 0 Å². The lowest BCUT2D eigenvalue weighted by atomic mass is 10.1. The van der Waals surface area contributed by atoms with Gasteiger partial charge in [-0.15, -0.1) is 0 Å². The zero-order chi connectivity index (χ0) is 22.2. The van der Waals surface area contributed by atoms with Gasteiger partial charge in [-0.3, -0.25) is 0 Å². The molecule has 1 aromatic carbocycles. The standard InChI is InChI=1S/C20H18F3N7O/c1-11-6-28-30(9-11)14-4-15-17(16(5-14)31-3)26-10-27-18(15)29-12(2)13-7-24-19(25-8-13)20(21,22)23/h4-10,12H,1-3H3,(H,26,27,29)/t12-/m1/s1. The quantitative estimate of drug-likeness (QED) is 0.510. The predicted octanol–water partition coefficient (Wildman–Crippen LogP) is 4.11. The van der Waals surface area contributed by atoms with Gasteiger partial charge in [0.25, 0.3) is 0 Å². The number of aromatic nitrogens is 6. The van der Waals surface area contributed by atoms with Gasteiger partial charge in [-0.2, -0.15) is 18.3 Å². The number of hydrogen-bond donors (Lipinski definition) is 1. The maximum absolute atomic E-state index is 12.7. The van der Waals surface area contributed by atoms with Crippen molar-refractivity contribution in [2.75, 3.05) is 12.4 Å². The van der Waals surface area contributed by atoms with Crippen molar-refractivity contribution in [3.05, 3.63) is 60.2 Å². The number of hydrogen-bond acceptors (Lipinski definition) is 7. The molecule has 0 spiro atoms. The summed E-state index contributed by atoms with van der Waals surface area (Å²) in [5, 5.41) is 8.19. The molecule has 3 aromatic heterocycles. The highest BCUT2D eigenvalue weighted by Crippen LogP contribution is 2.32. The molecule has 31 heavy (non-hydrogen) atoms. The van der Waals surface area contributed by atoms with Crippen molar-refractivity contribution in [1.82, 2.24) is 29.7 Å². The van der Waals surface area contributed by atoms with Crippen LogP contribution in [0.1, 0.15) is 29.9 Å². The number of fused-ring (bicyclic) bond motifs is 1. The van der Waals surface area contributed by atoms with Crippen LogP contribution in [-0.4, -0.2) is 36.8 Å². The fourth-order valence-electron chi connectivity index (χ4n) is 3.07. The molecule has 0 aliphatic heterocycles. The number of anilines is 1. The van der Waals surface area contributed by atoms with E-state index in [0.717, 1.165) is 23.6 Å². The minimum atomic E-state index is -4.59. The average Bonchev–Trinajstić information content (AvgIpc) is 3.19. The summed E-state index contributed by atoms with van der Waals surface area (Å²) in [4.78, 5) is 15.5. The highest BCUT2D eigenvalue weighted by molar-refractivity contribution is 5.94. The van der Waals surface area contributed by atoms with Crippen molar-refractivity contribution < 1.29 is 17.9 Å². The number of ether oxygens (including phenoxy) is 1. The fourth-order valence-corrected chi connectivity index (χ4v) is 3.07. The van der Waals surface area contributed by atoms with Crippen LogP contribution in [0.25, 0.3) is 16.6 Å². The Morgan fingerprint density at radius 1 is 1.06 bits per heavy atom. The molecule has 4 aromatic rings. The average molecular weight is 429 g/mol. The topological polar surface area (TPSA) is 90.6 Å². The second-order valence-corrected chi connectivity index (χ2v) is 6.93. The van der Waals surface area contributed by atoms with Gasteiger partial charge in [0.1, 0.15) is 23.4 Å². The number of methoxy groups -OCH3 is 1. The van der Waals surface area contributed by atoms with E-state index in [0.29, 0.717) is 28.0 Å². The van der Waals surface area contributed by atoms with Crippen LogP contribution in [0.3, 0.4) is 0 Å². The summed E-state index contributed by atoms with van der Waals surface area (Å²) in [6.07, 6.45) is 2.71. The van der Waals surface area contributed by atoms with Crippen LogP contribution in [0.2, 0.25) is 0 Å². The Labute approximate surface area is 175 Å². The first-order valence-electron chi connectivity index (χ1n) is 9.26. The summed E-state index contributed by atoms with van der Waals surface area (Å²) in [6.45, 7) is 3.71. The lowest BCUT2D eigenvalue weighted by Crippen LogP contribution is -2.14. The van der Waals surface area contributed by atoms with E-state index in [1.807, 2.05) is 25.3 Å². The molecule has 0 saturated heterocycles. The molecule has 3 heterocycles. The van der Waals surface area contributed by atoms with Crippen molar-refractivity contribution in [1.29, 1.82) is 0 Å². The lowest BCUT2D eigenvalue weighted by Gasteiger charge is -2.17. The van der Waals surface area contributed by atoms with Gasteiger partial charge < -0.3 is 10.1 Å². The number of aryl methyl sites for hydroxylation is 1. The largest absolute Gasteiger partial charge is 0.494 e. The van der Waals surface area contributed by atoms with Crippen molar-refractivity contribution in [2.24, 2.45) is 0 Å². The molecular formula is C20H18F3N7O. The normalized spacial score (nSPS) is 12.7. The van der Waals surface area contributed by atoms with Gasteiger partial charge in [-0.1, -0.05) is 0 Å². The van der Waals surface area contributed by atoms with Gasteiger partial charge in [-0.05, 0) is 25.5 Å². The molecule has 0 radical (unpaired) electrons. The monoisotopic (exact) mass is 429 g/mol. The molecule has 1 N–H and O–H groups in total. The molecule has 160 valence electrons. The first kappa shape index (κ1) is 20.5. The minimum Gasteiger partial charge on any atom is -0.494 e. The third-order valence-corrected chi connectivity index (χ3v) is 4.66. The van der Waals surface area contributed by atoms with Gasteiger partial charge in [0.15, 0.2) is 0 Å². The summed E-state index contributed by atoms with van der Waals surface area (Å²) >= 11 is 0. The van der Waals surface area contributed by atoms with Gasteiger partial charge in [0.05, 0.1) is 25.0 Å². The van der Waals surface area contributed by atoms with Crippen LogP contribution < -0.4 is 10.1 Å². The van der Waals surface area contributed by atoms with E-state index in [1.165, 1.54) is 6.33 Å². The Balaban J connectivity index is 1.71. The zero-order valence-electron chi connectivity index (χ0n) is 16.8. The van der Waals surface area contributed by atoms with E-state index in [1.54, 1.807) is 24.9 Å². The summed E-state index contributed by atoms with van der Waals surface area (Å²) in [5.74, 6) is -0.155. The molecule has 0 aliphatic carbocycles. The predicted molar refractivity (Wildman–Crippen MR) is 107 cm³/mol. The Kier molecular flexibility index (Phi) is 5.17. The summed E-state index contributed by atoms with van der Waals surface area (Å²) in [6, 6.07) is 3.27. The Morgan fingerprint density at radius 2 is 1.81 bits per heavy atom. The van der Waals surface area contributed by atoms with Gasteiger partial charge in [-0.25, -0.2) is 24.6 Å². The maximum Gasteiger partial charge on any atom is 0.451 e. The molecule has 1 atom stereocenters. The molecule has 0 unspecified atom stereocenters. The molecule has 11 heteroatoms. The molecule has 0 aliphatic rings. The molecular weight excluding hydrogens is 411 g/mol. The van der Waals surface area contributed by atoms with E-state index in [9.17, 15) is 13.2 Å². The summed E-state index contributed by atoms with van der Waals surface area (Å²) < 4.78 is 45.4. The first-order valence-corrected chi connectivity index (χ1v) is 9.26. The summed E-state index contributed by atoms with van der Waals surface area (Å²) in [5.41, 5.74) is 2.81. The molecule has 0 saturated carbocycles. The second-order valence-electron chi connectivity index (χ2n) is 6.93. The number of alkyl halides is 3. The van der Waals surface area contributed by atoms with Crippen LogP contribution in [0.4, 0.5) is 19.0 Å². The van der Waals surface area contributed by atoms with E-state index in [-0.39, 0.29) is 0 Å². The molecule has 0 bridgehead atoms. The third kappa shape index (κ3) is 4.11. The molecule has 4 rings (SSSR count). The number of halogens is 3. The number of nitrogens with one attached hydrogen (secondary N) is 1. The van der Waals surface area contributed by atoms with Crippen molar-refractivity contribution in [3.63, 3.8) is 0 Å². The van der Waals surface area contributed by atoms with Crippen molar-refractivity contribution in [2.45, 2.75) is 26.1 Å². The van der Waals surface area contributed by atoms with Crippen LogP contribution >= 0.6 is 0 Å². The lowest BCUT2D eigenvalue weighted by molar-refractivity contribution is -0.145. The molecule has 0 amide bonds. The Bertz CT molecular complexity index is 1220. The zero-order valence-corrected chi connectivity index (χ0v) is 16.8. The van der Waals surface area contributed by atoms with Gasteiger partial charge in [0, 0.05) is 35.6 Å². The number of nitrogens with zero attached hydrogens (tertiary/aromatic N) is 6. The van der Waals surface area contributed by atoms with Crippen LogP contribution in [0.5, 0.6) is 5.75 Å². The van der Waals surface area contributed by atoms with Crippen LogP contribution in [-0.2, 0) is 6.18 Å². The summed E-state index contributed by atoms with van der Waals surface area (Å²) in [7, 11) is 1.55. The third-order valence-electron chi connectivity index (χ3n) is 4.66. The number of rotatable bonds is 5. The van der Waals surface area contributed by atoms with Crippen LogP contribution in [0, 0.1) is 6.92 Å². The molecule has 8 nitrogen and oxygen atoms in total. The Hall–Kier alpha value is -3.76. The second kappa shape index (κ2) is 7.82. The van der Waals surface area contributed by atoms with E-state index < -0.39 is 18.0 Å². The van der Waals surface area contributed by atoms with Crippen molar-refractivity contribution >= 4 is 16.7 Å². The molecule has 0 fully saturated rings. The first-order chi connectivity index (χ1) is 14.8. The van der Waals surface area contributed by atoms with Gasteiger partial charge >= 0.3 is 6.18 Å². The van der Waals surface area contributed by atoms with Gasteiger partial charge in [0.2, 0.25) is 5.82 Å². The maximum atomic E-state index is 12.7. The van der Waals surface area contributed by atoms with E-state index in [4.69, 9.17) is 4.74 Å². The SMILES string of the molecule is COc1cc(-n2cc(C)cn2)cc2c(N[C@H](C)c3cnc(C(F)(F)F)nc3)ncnc12. The Morgan fingerprint density at radius 3 is 2.42 bits per heavy atom.